The van der Waals surface area contributed by atoms with Crippen molar-refractivity contribution in [3.63, 3.8) is 0 Å². The van der Waals surface area contributed by atoms with Gasteiger partial charge < -0.3 is 4.74 Å². The van der Waals surface area contributed by atoms with E-state index >= 15 is 0 Å². The van der Waals surface area contributed by atoms with Gasteiger partial charge >= 0.3 is 6.03 Å². The second kappa shape index (κ2) is 8.57. The standard InChI is InChI=1S/C22H30N6O3/c1-16-14-25(8-9-26(16)18-4-10-31-11-5-18)15-17-2-7-28-19(12-17)20(13-23-28)27-6-3-21(29)24-22(27)30/h2,7,12-13,16,18H,3-6,8-11,14-15H2,1H3,(H,24,29,30)/t16-/m0/s1. The highest BCUT2D eigenvalue weighted by Crippen LogP contribution is 2.26. The van der Waals surface area contributed by atoms with Crippen LogP contribution in [0.1, 0.15) is 31.7 Å². The maximum Gasteiger partial charge on any atom is 0.328 e. The fourth-order valence-electron chi connectivity index (χ4n) is 5.12. The third kappa shape index (κ3) is 4.17. The van der Waals surface area contributed by atoms with E-state index in [-0.39, 0.29) is 11.9 Å². The Bertz CT molecular complexity index is 969. The number of ether oxygens (including phenoxy) is 1. The van der Waals surface area contributed by atoms with Crippen LogP contribution in [0.3, 0.4) is 0 Å². The van der Waals surface area contributed by atoms with Gasteiger partial charge in [0.05, 0.1) is 17.4 Å². The average Bonchev–Trinajstić information content (AvgIpc) is 3.17. The molecule has 0 unspecified atom stereocenters. The predicted molar refractivity (Wildman–Crippen MR) is 116 cm³/mol. The number of nitrogens with one attached hydrogen (secondary N) is 1. The van der Waals surface area contributed by atoms with Gasteiger partial charge in [-0.1, -0.05) is 0 Å². The first kappa shape index (κ1) is 20.4. The van der Waals surface area contributed by atoms with E-state index in [9.17, 15) is 9.59 Å². The Balaban J connectivity index is 1.28. The van der Waals surface area contributed by atoms with Gasteiger partial charge in [-0.05, 0) is 37.5 Å². The van der Waals surface area contributed by atoms with Crippen molar-refractivity contribution in [3.8, 4) is 0 Å². The lowest BCUT2D eigenvalue weighted by Gasteiger charge is -2.45. The van der Waals surface area contributed by atoms with Crippen LogP contribution in [-0.2, 0) is 16.1 Å². The maximum absolute atomic E-state index is 12.3. The number of aromatic nitrogens is 2. The Hall–Kier alpha value is -2.49. The molecule has 0 bridgehead atoms. The number of amides is 3. The number of hydrogen-bond acceptors (Lipinski definition) is 6. The van der Waals surface area contributed by atoms with Crippen LogP contribution in [0.4, 0.5) is 10.5 Å². The molecule has 2 aromatic rings. The minimum atomic E-state index is -0.380. The summed E-state index contributed by atoms with van der Waals surface area (Å²) in [5.41, 5.74) is 2.83. The molecule has 1 atom stereocenters. The molecule has 2 aromatic heterocycles. The van der Waals surface area contributed by atoms with Gasteiger partial charge in [-0.2, -0.15) is 5.10 Å². The average molecular weight is 427 g/mol. The summed E-state index contributed by atoms with van der Waals surface area (Å²) in [6, 6.07) is 5.01. The highest BCUT2D eigenvalue weighted by molar-refractivity contribution is 6.07. The maximum atomic E-state index is 12.3. The molecule has 3 saturated heterocycles. The SMILES string of the molecule is C[C@H]1CN(Cc2ccn3ncc(N4CCC(=O)NC4=O)c3c2)CCN1C1CCOCC1. The second-order valence-electron chi connectivity index (χ2n) is 8.82. The van der Waals surface area contributed by atoms with E-state index in [4.69, 9.17) is 4.74 Å². The van der Waals surface area contributed by atoms with Crippen LogP contribution >= 0.6 is 0 Å². The van der Waals surface area contributed by atoms with E-state index in [1.54, 1.807) is 15.6 Å². The van der Waals surface area contributed by atoms with E-state index in [1.165, 1.54) is 5.56 Å². The summed E-state index contributed by atoms with van der Waals surface area (Å²) in [7, 11) is 0. The summed E-state index contributed by atoms with van der Waals surface area (Å²) >= 11 is 0. The van der Waals surface area contributed by atoms with Crippen molar-refractivity contribution in [2.24, 2.45) is 0 Å². The van der Waals surface area contributed by atoms with Crippen molar-refractivity contribution >= 4 is 23.1 Å². The van der Waals surface area contributed by atoms with Crippen LogP contribution in [0.15, 0.2) is 24.5 Å². The summed E-state index contributed by atoms with van der Waals surface area (Å²) in [5, 5.41) is 6.78. The molecule has 5 heterocycles. The van der Waals surface area contributed by atoms with Gasteiger partial charge in [-0.25, -0.2) is 9.31 Å². The lowest BCUT2D eigenvalue weighted by atomic mass is 10.0. The molecule has 0 aromatic carbocycles. The number of hydrogen-bond donors (Lipinski definition) is 1. The molecule has 9 heteroatoms. The molecule has 0 radical (unpaired) electrons. The highest BCUT2D eigenvalue weighted by atomic mass is 16.5. The molecule has 3 aliphatic rings. The first-order chi connectivity index (χ1) is 15.1. The summed E-state index contributed by atoms with van der Waals surface area (Å²) < 4.78 is 7.32. The summed E-state index contributed by atoms with van der Waals surface area (Å²) in [6.07, 6.45) is 6.23. The highest BCUT2D eigenvalue weighted by Gasteiger charge is 2.31. The molecule has 0 aliphatic carbocycles. The van der Waals surface area contributed by atoms with E-state index in [0.717, 1.165) is 63.4 Å². The zero-order valence-electron chi connectivity index (χ0n) is 18.0. The third-order valence-electron chi connectivity index (χ3n) is 6.74. The van der Waals surface area contributed by atoms with Crippen molar-refractivity contribution in [1.29, 1.82) is 0 Å². The van der Waals surface area contributed by atoms with Crippen molar-refractivity contribution in [2.45, 2.75) is 44.8 Å². The van der Waals surface area contributed by atoms with Crippen LogP contribution in [-0.4, -0.2) is 82.8 Å². The summed E-state index contributed by atoms with van der Waals surface area (Å²) in [4.78, 5) is 30.5. The van der Waals surface area contributed by atoms with Crippen molar-refractivity contribution in [3.05, 3.63) is 30.1 Å². The van der Waals surface area contributed by atoms with Gasteiger partial charge in [0, 0.05) is 70.6 Å². The number of rotatable bonds is 4. The monoisotopic (exact) mass is 426 g/mol. The molecule has 0 spiro atoms. The Morgan fingerprint density at radius 3 is 2.81 bits per heavy atom. The fourth-order valence-corrected chi connectivity index (χ4v) is 5.12. The summed E-state index contributed by atoms with van der Waals surface area (Å²) in [6.45, 7) is 8.54. The van der Waals surface area contributed by atoms with E-state index in [0.29, 0.717) is 25.0 Å². The van der Waals surface area contributed by atoms with Gasteiger partial charge in [0.25, 0.3) is 0 Å². The fraction of sp³-hybridized carbons (Fsp3) is 0.591. The summed E-state index contributed by atoms with van der Waals surface area (Å²) in [5.74, 6) is -0.229. The van der Waals surface area contributed by atoms with Gasteiger partial charge in [0.15, 0.2) is 0 Å². The third-order valence-corrected chi connectivity index (χ3v) is 6.74. The molecular formula is C22H30N6O3. The molecule has 9 nitrogen and oxygen atoms in total. The molecule has 3 fully saturated rings. The number of carbonyl (C=O) groups is 2. The molecule has 31 heavy (non-hydrogen) atoms. The van der Waals surface area contributed by atoms with Crippen molar-refractivity contribution < 1.29 is 14.3 Å². The Morgan fingerprint density at radius 2 is 2.03 bits per heavy atom. The Kier molecular flexibility index (Phi) is 5.64. The molecule has 5 rings (SSSR count). The predicted octanol–water partition coefficient (Wildman–Crippen LogP) is 1.47. The van der Waals surface area contributed by atoms with Crippen LogP contribution in [0, 0.1) is 0 Å². The zero-order valence-corrected chi connectivity index (χ0v) is 18.0. The Labute approximate surface area is 181 Å². The van der Waals surface area contributed by atoms with Crippen LogP contribution in [0.5, 0.6) is 0 Å². The molecule has 166 valence electrons. The minimum Gasteiger partial charge on any atom is -0.381 e. The van der Waals surface area contributed by atoms with Crippen molar-refractivity contribution in [2.75, 3.05) is 44.3 Å². The van der Waals surface area contributed by atoms with E-state index in [1.807, 2.05) is 6.20 Å². The van der Waals surface area contributed by atoms with Gasteiger partial charge in [-0.15, -0.1) is 0 Å². The van der Waals surface area contributed by atoms with Crippen LogP contribution in [0.25, 0.3) is 5.52 Å². The number of carbonyl (C=O) groups excluding carboxylic acids is 2. The normalized spacial score (nSPS) is 24.7. The second-order valence-corrected chi connectivity index (χ2v) is 8.82. The largest absolute Gasteiger partial charge is 0.381 e. The number of anilines is 1. The minimum absolute atomic E-state index is 0.229. The number of fused-ring (bicyclic) bond motifs is 1. The Morgan fingerprint density at radius 1 is 1.19 bits per heavy atom. The lowest BCUT2D eigenvalue weighted by molar-refractivity contribution is -0.120. The zero-order chi connectivity index (χ0) is 21.4. The smallest absolute Gasteiger partial charge is 0.328 e. The lowest BCUT2D eigenvalue weighted by Crippen LogP contribution is -2.56. The molecule has 1 N–H and O–H groups in total. The molecule has 0 saturated carbocycles. The van der Waals surface area contributed by atoms with Crippen molar-refractivity contribution in [1.82, 2.24) is 24.7 Å². The van der Waals surface area contributed by atoms with Gasteiger partial charge in [0.1, 0.15) is 0 Å². The van der Waals surface area contributed by atoms with E-state index < -0.39 is 0 Å². The van der Waals surface area contributed by atoms with Gasteiger partial charge in [-0.3, -0.25) is 24.8 Å². The topological polar surface area (TPSA) is 82.4 Å². The molecule has 3 aliphatic heterocycles. The van der Waals surface area contributed by atoms with Gasteiger partial charge in [0.2, 0.25) is 5.91 Å². The first-order valence-corrected chi connectivity index (χ1v) is 11.2. The number of nitrogens with zero attached hydrogens (tertiary/aromatic N) is 5. The quantitative estimate of drug-likeness (QED) is 0.797. The number of urea groups is 1. The number of piperazine rings is 1. The molecule has 3 amide bonds. The van der Waals surface area contributed by atoms with E-state index in [2.05, 4.69) is 39.3 Å². The first-order valence-electron chi connectivity index (χ1n) is 11.2. The molecular weight excluding hydrogens is 396 g/mol. The number of pyridine rings is 1. The number of imide groups is 1. The van der Waals surface area contributed by atoms with Crippen LogP contribution < -0.4 is 10.2 Å². The van der Waals surface area contributed by atoms with Crippen LogP contribution in [0.2, 0.25) is 0 Å².